The van der Waals surface area contributed by atoms with Gasteiger partial charge in [0.2, 0.25) is 0 Å². The van der Waals surface area contributed by atoms with Crippen LogP contribution in [-0.2, 0) is 13.0 Å². The molecule has 1 heterocycles. The quantitative estimate of drug-likeness (QED) is 0.881. The van der Waals surface area contributed by atoms with Crippen LogP contribution in [0, 0.1) is 6.92 Å². The second-order valence-corrected chi connectivity index (χ2v) is 4.80. The molecule has 1 aromatic heterocycles. The summed E-state index contributed by atoms with van der Waals surface area (Å²) >= 11 is 1.69. The van der Waals surface area contributed by atoms with Gasteiger partial charge in [-0.25, -0.2) is 0 Å². The van der Waals surface area contributed by atoms with E-state index in [0.29, 0.717) is 13.2 Å². The highest BCUT2D eigenvalue weighted by atomic mass is 32.1. The maximum Gasteiger partial charge on any atom is 0.125 e. The molecule has 0 atom stereocenters. The Morgan fingerprint density at radius 2 is 2.18 bits per heavy atom. The summed E-state index contributed by atoms with van der Waals surface area (Å²) in [6, 6.07) is 8.30. The fourth-order valence-corrected chi connectivity index (χ4v) is 2.46. The molecular weight excluding hydrogens is 230 g/mol. The molecule has 0 aliphatic carbocycles. The van der Waals surface area contributed by atoms with Crippen LogP contribution < -0.4 is 10.5 Å². The first kappa shape index (κ1) is 12.1. The monoisotopic (exact) mass is 247 g/mol. The van der Waals surface area contributed by atoms with Crippen LogP contribution >= 0.6 is 11.3 Å². The molecule has 0 aliphatic heterocycles. The fourth-order valence-electron chi connectivity index (χ4n) is 1.80. The van der Waals surface area contributed by atoms with Crippen LogP contribution in [0.1, 0.15) is 16.7 Å². The minimum atomic E-state index is 0.631. The first-order valence-corrected chi connectivity index (χ1v) is 6.68. The lowest BCUT2D eigenvalue weighted by Crippen LogP contribution is -2.06. The van der Waals surface area contributed by atoms with Crippen molar-refractivity contribution < 1.29 is 4.74 Å². The van der Waals surface area contributed by atoms with Gasteiger partial charge in [0.05, 0.1) is 0 Å². The van der Waals surface area contributed by atoms with Gasteiger partial charge in [-0.15, -0.1) is 0 Å². The molecule has 0 fully saturated rings. The number of para-hydroxylation sites is 1. The second kappa shape index (κ2) is 5.84. The lowest BCUT2D eigenvalue weighted by atomic mass is 10.1. The van der Waals surface area contributed by atoms with Crippen LogP contribution in [-0.4, -0.2) is 6.54 Å². The first-order valence-electron chi connectivity index (χ1n) is 5.73. The SMILES string of the molecule is Cc1cccc(CCN)c1OCc1ccsc1. The summed E-state index contributed by atoms with van der Waals surface area (Å²) in [7, 11) is 0. The number of hydrogen-bond donors (Lipinski definition) is 1. The zero-order valence-electron chi connectivity index (χ0n) is 9.98. The Kier molecular flexibility index (Phi) is 4.18. The van der Waals surface area contributed by atoms with Gasteiger partial charge in [0.25, 0.3) is 0 Å². The molecule has 2 rings (SSSR count). The Balaban J connectivity index is 2.13. The van der Waals surface area contributed by atoms with E-state index in [-0.39, 0.29) is 0 Å². The Bertz CT molecular complexity index is 465. The van der Waals surface area contributed by atoms with Gasteiger partial charge in [0.15, 0.2) is 0 Å². The highest BCUT2D eigenvalue weighted by Crippen LogP contribution is 2.25. The van der Waals surface area contributed by atoms with E-state index in [2.05, 4.69) is 41.9 Å². The molecule has 0 unspecified atom stereocenters. The Labute approximate surface area is 106 Å². The van der Waals surface area contributed by atoms with Crippen LogP contribution in [0.15, 0.2) is 35.0 Å². The Morgan fingerprint density at radius 3 is 2.88 bits per heavy atom. The standard InChI is InChI=1S/C14H17NOS/c1-11-3-2-4-13(5-7-15)14(11)16-9-12-6-8-17-10-12/h2-4,6,8,10H,5,7,9,15H2,1H3. The summed E-state index contributed by atoms with van der Waals surface area (Å²) in [5.74, 6) is 0.990. The van der Waals surface area contributed by atoms with Crippen molar-refractivity contribution in [2.75, 3.05) is 6.54 Å². The van der Waals surface area contributed by atoms with E-state index < -0.39 is 0 Å². The summed E-state index contributed by atoms with van der Waals surface area (Å²) in [5, 5.41) is 4.18. The Morgan fingerprint density at radius 1 is 1.29 bits per heavy atom. The largest absolute Gasteiger partial charge is 0.488 e. The van der Waals surface area contributed by atoms with E-state index in [9.17, 15) is 0 Å². The summed E-state index contributed by atoms with van der Waals surface area (Å²) in [6.45, 7) is 3.35. The molecule has 0 amide bonds. The van der Waals surface area contributed by atoms with Gasteiger partial charge in [-0.1, -0.05) is 18.2 Å². The number of ether oxygens (including phenoxy) is 1. The molecular formula is C14H17NOS. The first-order chi connectivity index (χ1) is 8.31. The maximum atomic E-state index is 5.92. The van der Waals surface area contributed by atoms with Gasteiger partial charge >= 0.3 is 0 Å². The molecule has 0 spiro atoms. The smallest absolute Gasteiger partial charge is 0.125 e. The van der Waals surface area contributed by atoms with Crippen molar-refractivity contribution in [3.05, 3.63) is 51.7 Å². The van der Waals surface area contributed by atoms with Crippen LogP contribution in [0.5, 0.6) is 5.75 Å². The number of thiophene rings is 1. The summed E-state index contributed by atoms with van der Waals surface area (Å²) in [6.07, 6.45) is 0.862. The van der Waals surface area contributed by atoms with Gasteiger partial charge in [-0.05, 0) is 53.4 Å². The highest BCUT2D eigenvalue weighted by Gasteiger charge is 2.06. The van der Waals surface area contributed by atoms with Crippen molar-refractivity contribution in [1.29, 1.82) is 0 Å². The predicted octanol–water partition coefficient (Wildman–Crippen LogP) is 3.14. The molecule has 17 heavy (non-hydrogen) atoms. The van der Waals surface area contributed by atoms with Gasteiger partial charge in [-0.2, -0.15) is 11.3 Å². The van der Waals surface area contributed by atoms with Gasteiger partial charge in [-0.3, -0.25) is 0 Å². The maximum absolute atomic E-state index is 5.92. The molecule has 0 radical (unpaired) electrons. The van der Waals surface area contributed by atoms with Crippen molar-refractivity contribution >= 4 is 11.3 Å². The van der Waals surface area contributed by atoms with Gasteiger partial charge < -0.3 is 10.5 Å². The van der Waals surface area contributed by atoms with E-state index in [1.807, 2.05) is 0 Å². The van der Waals surface area contributed by atoms with Crippen LogP contribution in [0.3, 0.4) is 0 Å². The number of benzene rings is 1. The zero-order valence-corrected chi connectivity index (χ0v) is 10.8. The van der Waals surface area contributed by atoms with Crippen LogP contribution in [0.4, 0.5) is 0 Å². The van der Waals surface area contributed by atoms with Crippen molar-refractivity contribution in [3.8, 4) is 5.75 Å². The number of hydrogen-bond acceptors (Lipinski definition) is 3. The van der Waals surface area contributed by atoms with Gasteiger partial charge in [0.1, 0.15) is 12.4 Å². The molecule has 1 aromatic carbocycles. The van der Waals surface area contributed by atoms with Crippen molar-refractivity contribution in [3.63, 3.8) is 0 Å². The third kappa shape index (κ3) is 3.08. The predicted molar refractivity (Wildman–Crippen MR) is 72.6 cm³/mol. The minimum Gasteiger partial charge on any atom is -0.488 e. The molecule has 0 saturated heterocycles. The molecule has 0 bridgehead atoms. The van der Waals surface area contributed by atoms with E-state index in [4.69, 9.17) is 10.5 Å². The van der Waals surface area contributed by atoms with Crippen LogP contribution in [0.2, 0.25) is 0 Å². The fraction of sp³-hybridized carbons (Fsp3) is 0.286. The lowest BCUT2D eigenvalue weighted by molar-refractivity contribution is 0.301. The van der Waals surface area contributed by atoms with E-state index in [1.54, 1.807) is 11.3 Å². The van der Waals surface area contributed by atoms with Crippen LogP contribution in [0.25, 0.3) is 0 Å². The highest BCUT2D eigenvalue weighted by molar-refractivity contribution is 7.07. The molecule has 0 saturated carbocycles. The van der Waals surface area contributed by atoms with Crippen molar-refractivity contribution in [2.24, 2.45) is 5.73 Å². The number of aryl methyl sites for hydroxylation is 1. The topological polar surface area (TPSA) is 35.2 Å². The molecule has 2 aromatic rings. The van der Waals surface area contributed by atoms with Crippen molar-refractivity contribution in [1.82, 2.24) is 0 Å². The molecule has 3 heteroatoms. The Hall–Kier alpha value is -1.32. The molecule has 2 nitrogen and oxygen atoms in total. The van der Waals surface area contributed by atoms with Gasteiger partial charge in [0, 0.05) is 0 Å². The molecule has 0 aliphatic rings. The van der Waals surface area contributed by atoms with E-state index >= 15 is 0 Å². The van der Waals surface area contributed by atoms with E-state index in [0.717, 1.165) is 12.2 Å². The minimum absolute atomic E-state index is 0.631. The average Bonchev–Trinajstić information content (AvgIpc) is 2.82. The average molecular weight is 247 g/mol. The lowest BCUT2D eigenvalue weighted by Gasteiger charge is -2.13. The van der Waals surface area contributed by atoms with E-state index in [1.165, 1.54) is 16.7 Å². The summed E-state index contributed by atoms with van der Waals surface area (Å²) in [5.41, 5.74) is 9.21. The summed E-state index contributed by atoms with van der Waals surface area (Å²) in [4.78, 5) is 0. The summed E-state index contributed by atoms with van der Waals surface area (Å²) < 4.78 is 5.92. The second-order valence-electron chi connectivity index (χ2n) is 4.02. The number of nitrogens with two attached hydrogens (primary N) is 1. The molecule has 90 valence electrons. The zero-order chi connectivity index (χ0) is 12.1. The normalized spacial score (nSPS) is 10.5. The molecule has 2 N–H and O–H groups in total. The van der Waals surface area contributed by atoms with Crippen molar-refractivity contribution in [2.45, 2.75) is 20.0 Å². The number of rotatable bonds is 5. The third-order valence-corrected chi connectivity index (χ3v) is 3.40. The third-order valence-electron chi connectivity index (χ3n) is 2.67.